The van der Waals surface area contributed by atoms with Crippen molar-refractivity contribution in [1.82, 2.24) is 0 Å². The van der Waals surface area contributed by atoms with Crippen LogP contribution in [0.1, 0.15) is 48.0 Å². The number of rotatable bonds is 0. The van der Waals surface area contributed by atoms with Gasteiger partial charge in [0.25, 0.3) is 0 Å². The van der Waals surface area contributed by atoms with Gasteiger partial charge < -0.3 is 9.31 Å². The van der Waals surface area contributed by atoms with Crippen LogP contribution in [0.2, 0.25) is 0 Å². The van der Waals surface area contributed by atoms with Crippen molar-refractivity contribution in [3.8, 4) is 0 Å². The van der Waals surface area contributed by atoms with Crippen molar-refractivity contribution >= 4 is 6.55 Å². The highest BCUT2D eigenvalue weighted by Gasteiger charge is 2.42. The third-order valence-electron chi connectivity index (χ3n) is 4.20. The maximum absolute atomic E-state index is 6.07. The number of allylic oxidation sites excluding steroid dienone is 6. The molecular formula is C13H20BO2-. The predicted molar refractivity (Wildman–Crippen MR) is 67.7 cm³/mol. The van der Waals surface area contributed by atoms with Gasteiger partial charge in [0.2, 0.25) is 0 Å². The van der Waals surface area contributed by atoms with E-state index in [1.54, 1.807) is 0 Å². The minimum Gasteiger partial charge on any atom is -0.677 e. The smallest absolute Gasteiger partial charge is 0.397 e. The summed E-state index contributed by atoms with van der Waals surface area (Å²) in [5.74, 6) is 1.84. The zero-order valence-electron chi connectivity index (χ0n) is 11.1. The molecule has 0 unspecified atom stereocenters. The van der Waals surface area contributed by atoms with E-state index in [-0.39, 0.29) is 0 Å². The van der Waals surface area contributed by atoms with Crippen molar-refractivity contribution in [2.45, 2.75) is 48.0 Å². The van der Waals surface area contributed by atoms with Gasteiger partial charge in [-0.25, -0.2) is 0 Å². The monoisotopic (exact) mass is 219 g/mol. The van der Waals surface area contributed by atoms with E-state index in [2.05, 4.69) is 27.7 Å². The SMILES string of the molecule is CC1=C(C)[B-]2(OC(C)=C(C)O2)C(C)=C(C)C1. The van der Waals surface area contributed by atoms with Crippen molar-refractivity contribution in [3.63, 3.8) is 0 Å². The molecule has 0 radical (unpaired) electrons. The fraction of sp³-hybridized carbons (Fsp3) is 0.538. The molecular weight excluding hydrogens is 199 g/mol. The lowest BCUT2D eigenvalue weighted by Gasteiger charge is -2.44. The first-order chi connectivity index (χ1) is 7.38. The van der Waals surface area contributed by atoms with E-state index in [9.17, 15) is 0 Å². The molecule has 0 fully saturated rings. The Hall–Kier alpha value is -1.12. The molecule has 1 spiro atoms. The molecule has 0 N–H and O–H groups in total. The molecule has 0 aromatic carbocycles. The second kappa shape index (κ2) is 3.44. The predicted octanol–water partition coefficient (Wildman–Crippen LogP) is 3.88. The van der Waals surface area contributed by atoms with E-state index >= 15 is 0 Å². The summed E-state index contributed by atoms with van der Waals surface area (Å²) < 4.78 is 12.1. The summed E-state index contributed by atoms with van der Waals surface area (Å²) in [5.41, 5.74) is 5.29. The normalized spacial score (nSPS) is 24.1. The molecule has 0 aliphatic carbocycles. The molecule has 0 amide bonds. The van der Waals surface area contributed by atoms with E-state index in [0.717, 1.165) is 17.9 Å². The lowest BCUT2D eigenvalue weighted by molar-refractivity contribution is 0.355. The van der Waals surface area contributed by atoms with Gasteiger partial charge in [-0.2, -0.15) is 0 Å². The second-order valence-electron chi connectivity index (χ2n) is 5.16. The van der Waals surface area contributed by atoms with Crippen LogP contribution in [0.25, 0.3) is 0 Å². The Morgan fingerprint density at radius 2 is 1.12 bits per heavy atom. The van der Waals surface area contributed by atoms with Crippen LogP contribution in [0.15, 0.2) is 33.6 Å². The lowest BCUT2D eigenvalue weighted by Crippen LogP contribution is -2.44. The molecule has 88 valence electrons. The summed E-state index contributed by atoms with van der Waals surface area (Å²) in [6.45, 7) is 11.2. The Balaban J connectivity index is 2.51. The zero-order valence-corrected chi connectivity index (χ0v) is 11.1. The molecule has 2 heterocycles. The van der Waals surface area contributed by atoms with E-state index in [1.807, 2.05) is 13.8 Å². The number of hydrogen-bond donors (Lipinski definition) is 0. The van der Waals surface area contributed by atoms with Gasteiger partial charge in [0.15, 0.2) is 0 Å². The van der Waals surface area contributed by atoms with Gasteiger partial charge in [0.1, 0.15) is 0 Å². The average Bonchev–Trinajstić information content (AvgIpc) is 2.52. The fourth-order valence-corrected chi connectivity index (χ4v) is 2.69. The summed E-state index contributed by atoms with van der Waals surface area (Å²) in [6, 6.07) is 0. The molecule has 2 nitrogen and oxygen atoms in total. The highest BCUT2D eigenvalue weighted by Crippen LogP contribution is 2.43. The van der Waals surface area contributed by atoms with Gasteiger partial charge >= 0.3 is 6.55 Å². The highest BCUT2D eigenvalue weighted by molar-refractivity contribution is 6.83. The van der Waals surface area contributed by atoms with Gasteiger partial charge in [-0.1, -0.05) is 13.8 Å². The van der Waals surface area contributed by atoms with Crippen LogP contribution in [0.4, 0.5) is 0 Å². The standard InChI is InChI=1S/C13H20BO2/c1-8-7-9(2)11(4)14(10(8)3)15-12(5)13(6)16-14/h7H2,1-6H3/q-1. The van der Waals surface area contributed by atoms with Crippen LogP contribution >= 0.6 is 0 Å². The van der Waals surface area contributed by atoms with Crippen LogP contribution < -0.4 is 0 Å². The van der Waals surface area contributed by atoms with Crippen molar-refractivity contribution < 1.29 is 9.31 Å². The van der Waals surface area contributed by atoms with Crippen LogP contribution in [-0.4, -0.2) is 6.55 Å². The quantitative estimate of drug-likeness (QED) is 0.575. The summed E-state index contributed by atoms with van der Waals surface area (Å²) in [5, 5.41) is 0. The van der Waals surface area contributed by atoms with Gasteiger partial charge in [-0.3, -0.25) is 0 Å². The molecule has 2 aliphatic heterocycles. The van der Waals surface area contributed by atoms with Crippen LogP contribution in [-0.2, 0) is 9.31 Å². The average molecular weight is 219 g/mol. The van der Waals surface area contributed by atoms with Crippen LogP contribution in [0.3, 0.4) is 0 Å². The van der Waals surface area contributed by atoms with E-state index in [4.69, 9.17) is 9.31 Å². The minimum atomic E-state index is -1.38. The first-order valence-corrected chi connectivity index (χ1v) is 5.91. The Bertz CT molecular complexity index is 401. The lowest BCUT2D eigenvalue weighted by atomic mass is 9.42. The fourth-order valence-electron chi connectivity index (χ4n) is 2.69. The largest absolute Gasteiger partial charge is 0.677 e. The second-order valence-corrected chi connectivity index (χ2v) is 5.16. The molecule has 3 heteroatoms. The van der Waals surface area contributed by atoms with Gasteiger partial charge in [-0.05, 0) is 34.1 Å². The molecule has 0 saturated heterocycles. The van der Waals surface area contributed by atoms with Gasteiger partial charge in [-0.15, -0.1) is 22.1 Å². The summed E-state index contributed by atoms with van der Waals surface area (Å²) in [7, 11) is 0. The summed E-state index contributed by atoms with van der Waals surface area (Å²) in [6.07, 6.45) is 1.05. The third kappa shape index (κ3) is 1.34. The Kier molecular flexibility index (Phi) is 2.45. The van der Waals surface area contributed by atoms with Gasteiger partial charge in [0.05, 0.1) is 11.5 Å². The minimum absolute atomic E-state index is 0.918. The topological polar surface area (TPSA) is 18.5 Å². The third-order valence-corrected chi connectivity index (χ3v) is 4.20. The molecule has 0 bridgehead atoms. The number of hydrogen-bond acceptors (Lipinski definition) is 2. The maximum Gasteiger partial charge on any atom is 0.397 e. The highest BCUT2D eigenvalue weighted by atomic mass is 16.6. The zero-order chi connectivity index (χ0) is 12.1. The van der Waals surface area contributed by atoms with Crippen molar-refractivity contribution in [3.05, 3.63) is 33.6 Å². The first-order valence-electron chi connectivity index (χ1n) is 5.91. The molecule has 16 heavy (non-hydrogen) atoms. The molecule has 0 aromatic heterocycles. The summed E-state index contributed by atoms with van der Waals surface area (Å²) in [4.78, 5) is 0. The van der Waals surface area contributed by atoms with Crippen LogP contribution in [0, 0.1) is 0 Å². The van der Waals surface area contributed by atoms with Crippen LogP contribution in [0.5, 0.6) is 0 Å². The molecule has 0 saturated carbocycles. The maximum atomic E-state index is 6.07. The van der Waals surface area contributed by atoms with E-state index in [1.165, 1.54) is 22.1 Å². The molecule has 2 rings (SSSR count). The summed E-state index contributed by atoms with van der Waals surface area (Å²) >= 11 is 0. The molecule has 0 atom stereocenters. The molecule has 0 aromatic rings. The Morgan fingerprint density at radius 3 is 1.50 bits per heavy atom. The first kappa shape index (κ1) is 11.4. The van der Waals surface area contributed by atoms with E-state index in [0.29, 0.717) is 0 Å². The van der Waals surface area contributed by atoms with Crippen molar-refractivity contribution in [2.75, 3.05) is 0 Å². The Labute approximate surface area is 98.0 Å². The van der Waals surface area contributed by atoms with Crippen molar-refractivity contribution in [2.24, 2.45) is 0 Å². The molecule has 2 aliphatic rings. The Morgan fingerprint density at radius 1 is 0.750 bits per heavy atom. The van der Waals surface area contributed by atoms with E-state index < -0.39 is 6.55 Å². The van der Waals surface area contributed by atoms with Crippen molar-refractivity contribution in [1.29, 1.82) is 0 Å². The van der Waals surface area contributed by atoms with Gasteiger partial charge in [0, 0.05) is 0 Å².